The van der Waals surface area contributed by atoms with Crippen LogP contribution in [0.15, 0.2) is 12.1 Å². The molecule has 0 aliphatic heterocycles. The maximum absolute atomic E-state index is 12.6. The predicted molar refractivity (Wildman–Crippen MR) is 42.4 cm³/mol. The van der Waals surface area contributed by atoms with Crippen molar-refractivity contribution in [3.05, 3.63) is 29.3 Å². The molecule has 0 amide bonds. The Bertz CT molecular complexity index is 348. The van der Waals surface area contributed by atoms with Crippen LogP contribution < -0.4 is 4.74 Å². The normalized spacial score (nSPS) is 9.85. The molecule has 0 N–H and O–H groups in total. The number of rotatable bonds is 1. The Morgan fingerprint density at radius 3 is 2.38 bits per heavy atom. The second-order valence-electron chi connectivity index (χ2n) is 2.63. The number of aryl methyl sites for hydroxylation is 1. The van der Waals surface area contributed by atoms with Crippen LogP contribution in [0.5, 0.6) is 5.75 Å². The molecule has 0 aliphatic carbocycles. The zero-order valence-electron chi connectivity index (χ0n) is 7.23. The van der Waals surface area contributed by atoms with Crippen LogP contribution in [-0.2, 0) is 4.79 Å². The monoisotopic (exact) mass is 186 g/mol. The third kappa shape index (κ3) is 2.24. The number of carbonyl (C=O) groups is 1. The lowest BCUT2D eigenvalue weighted by Gasteiger charge is -2.05. The van der Waals surface area contributed by atoms with Crippen molar-refractivity contribution in [1.82, 2.24) is 0 Å². The highest BCUT2D eigenvalue weighted by Gasteiger charge is 2.08. The van der Waals surface area contributed by atoms with E-state index in [0.717, 1.165) is 12.1 Å². The number of benzene rings is 1. The zero-order valence-corrected chi connectivity index (χ0v) is 7.23. The number of esters is 1. The minimum atomic E-state index is -1.03. The van der Waals surface area contributed by atoms with E-state index >= 15 is 0 Å². The molecule has 4 heteroatoms. The van der Waals surface area contributed by atoms with E-state index in [4.69, 9.17) is 0 Å². The van der Waals surface area contributed by atoms with Gasteiger partial charge in [-0.1, -0.05) is 0 Å². The second-order valence-corrected chi connectivity index (χ2v) is 2.63. The highest BCUT2D eigenvalue weighted by atomic mass is 19.2. The summed E-state index contributed by atoms with van der Waals surface area (Å²) in [5, 5.41) is 0. The standard InChI is InChI=1S/C9H8F2O2/c1-5-3-7(10)8(11)4-9(5)13-6(2)12/h3-4H,1-2H3. The molecule has 0 aromatic heterocycles. The Kier molecular flexibility index (Phi) is 2.60. The van der Waals surface area contributed by atoms with Crippen molar-refractivity contribution in [1.29, 1.82) is 0 Å². The van der Waals surface area contributed by atoms with Gasteiger partial charge in [0.2, 0.25) is 0 Å². The number of hydrogen-bond donors (Lipinski definition) is 0. The fraction of sp³-hybridized carbons (Fsp3) is 0.222. The Morgan fingerprint density at radius 2 is 1.85 bits per heavy atom. The van der Waals surface area contributed by atoms with Crippen LogP contribution in [0, 0.1) is 18.6 Å². The van der Waals surface area contributed by atoms with Gasteiger partial charge in [0.1, 0.15) is 5.75 Å². The Labute approximate surface area is 74.1 Å². The summed E-state index contributed by atoms with van der Waals surface area (Å²) in [5.74, 6) is -2.49. The summed E-state index contributed by atoms with van der Waals surface area (Å²) in [7, 11) is 0. The van der Waals surface area contributed by atoms with E-state index in [0.29, 0.717) is 5.56 Å². The van der Waals surface area contributed by atoms with Crippen LogP contribution in [0.1, 0.15) is 12.5 Å². The van der Waals surface area contributed by atoms with E-state index in [2.05, 4.69) is 4.74 Å². The van der Waals surface area contributed by atoms with Crippen LogP contribution in [-0.4, -0.2) is 5.97 Å². The average Bonchev–Trinajstić information content (AvgIpc) is 1.99. The first kappa shape index (κ1) is 9.64. The molecule has 0 saturated heterocycles. The number of halogens is 2. The van der Waals surface area contributed by atoms with Crippen LogP contribution in [0.2, 0.25) is 0 Å². The smallest absolute Gasteiger partial charge is 0.308 e. The lowest BCUT2D eigenvalue weighted by atomic mass is 10.2. The van der Waals surface area contributed by atoms with Gasteiger partial charge in [-0.05, 0) is 18.6 Å². The van der Waals surface area contributed by atoms with Crippen molar-refractivity contribution in [2.24, 2.45) is 0 Å². The van der Waals surface area contributed by atoms with Gasteiger partial charge in [-0.15, -0.1) is 0 Å². The van der Waals surface area contributed by atoms with Crippen LogP contribution >= 0.6 is 0 Å². The highest BCUT2D eigenvalue weighted by Crippen LogP contribution is 2.21. The van der Waals surface area contributed by atoms with E-state index < -0.39 is 17.6 Å². The predicted octanol–water partition coefficient (Wildman–Crippen LogP) is 2.20. The first-order chi connectivity index (χ1) is 6.00. The minimum Gasteiger partial charge on any atom is -0.426 e. The summed E-state index contributed by atoms with van der Waals surface area (Å²) in [4.78, 5) is 10.5. The molecule has 2 nitrogen and oxygen atoms in total. The molecule has 0 heterocycles. The molecule has 0 saturated carbocycles. The molecule has 13 heavy (non-hydrogen) atoms. The lowest BCUT2D eigenvalue weighted by Crippen LogP contribution is -2.03. The molecule has 0 spiro atoms. The van der Waals surface area contributed by atoms with Crippen molar-refractivity contribution in [3.8, 4) is 5.75 Å². The lowest BCUT2D eigenvalue weighted by molar-refractivity contribution is -0.131. The van der Waals surface area contributed by atoms with Crippen molar-refractivity contribution in [2.45, 2.75) is 13.8 Å². The average molecular weight is 186 g/mol. The molecule has 0 radical (unpaired) electrons. The molecule has 70 valence electrons. The Morgan fingerprint density at radius 1 is 1.31 bits per heavy atom. The largest absolute Gasteiger partial charge is 0.426 e. The third-order valence-corrected chi connectivity index (χ3v) is 1.47. The Hall–Kier alpha value is -1.45. The second kappa shape index (κ2) is 3.51. The molecule has 1 rings (SSSR count). The number of ether oxygens (including phenoxy) is 1. The van der Waals surface area contributed by atoms with Gasteiger partial charge in [-0.2, -0.15) is 0 Å². The quantitative estimate of drug-likeness (QED) is 0.496. The summed E-state index contributed by atoms with van der Waals surface area (Å²) < 4.78 is 29.9. The summed E-state index contributed by atoms with van der Waals surface area (Å²) in [6, 6.07) is 1.83. The van der Waals surface area contributed by atoms with Crippen molar-refractivity contribution in [2.75, 3.05) is 0 Å². The molecule has 0 aliphatic rings. The first-order valence-corrected chi connectivity index (χ1v) is 3.65. The molecule has 0 unspecified atom stereocenters. The van der Waals surface area contributed by atoms with Gasteiger partial charge in [0.15, 0.2) is 11.6 Å². The van der Waals surface area contributed by atoms with Gasteiger partial charge >= 0.3 is 5.97 Å². The molecule has 0 fully saturated rings. The van der Waals surface area contributed by atoms with Crippen LogP contribution in [0.25, 0.3) is 0 Å². The van der Waals surface area contributed by atoms with E-state index in [-0.39, 0.29) is 5.75 Å². The van der Waals surface area contributed by atoms with Gasteiger partial charge in [-0.25, -0.2) is 8.78 Å². The number of hydrogen-bond acceptors (Lipinski definition) is 2. The van der Waals surface area contributed by atoms with Gasteiger partial charge in [0, 0.05) is 13.0 Å². The summed E-state index contributed by atoms with van der Waals surface area (Å²) >= 11 is 0. The molecule has 0 atom stereocenters. The van der Waals surface area contributed by atoms with Crippen LogP contribution in [0.4, 0.5) is 8.78 Å². The molecular weight excluding hydrogens is 178 g/mol. The van der Waals surface area contributed by atoms with E-state index in [9.17, 15) is 13.6 Å². The van der Waals surface area contributed by atoms with Crippen molar-refractivity contribution >= 4 is 5.97 Å². The molecular formula is C9H8F2O2. The topological polar surface area (TPSA) is 26.3 Å². The van der Waals surface area contributed by atoms with E-state index in [1.54, 1.807) is 0 Å². The van der Waals surface area contributed by atoms with E-state index in [1.165, 1.54) is 13.8 Å². The molecule has 0 bridgehead atoms. The zero-order chi connectivity index (χ0) is 10.0. The number of carbonyl (C=O) groups excluding carboxylic acids is 1. The first-order valence-electron chi connectivity index (χ1n) is 3.65. The summed E-state index contributed by atoms with van der Waals surface area (Å²) in [5.41, 5.74) is 0.383. The van der Waals surface area contributed by atoms with E-state index in [1.807, 2.05) is 0 Å². The maximum Gasteiger partial charge on any atom is 0.308 e. The van der Waals surface area contributed by atoms with Crippen LogP contribution in [0.3, 0.4) is 0 Å². The molecule has 1 aromatic carbocycles. The van der Waals surface area contributed by atoms with Crippen molar-refractivity contribution in [3.63, 3.8) is 0 Å². The van der Waals surface area contributed by atoms with Gasteiger partial charge in [-0.3, -0.25) is 4.79 Å². The van der Waals surface area contributed by atoms with Crippen molar-refractivity contribution < 1.29 is 18.3 Å². The SMILES string of the molecule is CC(=O)Oc1cc(F)c(F)cc1C. The molecule has 1 aromatic rings. The fourth-order valence-electron chi connectivity index (χ4n) is 0.893. The summed E-state index contributed by atoms with van der Waals surface area (Å²) in [6.07, 6.45) is 0. The fourth-order valence-corrected chi connectivity index (χ4v) is 0.893. The minimum absolute atomic E-state index is 0.0476. The third-order valence-electron chi connectivity index (χ3n) is 1.47. The van der Waals surface area contributed by atoms with Gasteiger partial charge in [0.05, 0.1) is 0 Å². The summed E-state index contributed by atoms with van der Waals surface area (Å²) in [6.45, 7) is 2.72. The van der Waals surface area contributed by atoms with Gasteiger partial charge < -0.3 is 4.74 Å². The Balaban J connectivity index is 3.08. The van der Waals surface area contributed by atoms with Gasteiger partial charge in [0.25, 0.3) is 0 Å². The maximum atomic E-state index is 12.6. The highest BCUT2D eigenvalue weighted by molar-refractivity contribution is 5.69.